The number of allylic oxidation sites excluding steroid dienone is 1. The number of rotatable bonds is 5. The first kappa shape index (κ1) is 19.1. The van der Waals surface area contributed by atoms with Crippen LogP contribution in [-0.4, -0.2) is 44.0 Å². The van der Waals surface area contributed by atoms with Crippen LogP contribution in [0.15, 0.2) is 54.6 Å². The van der Waals surface area contributed by atoms with Gasteiger partial charge < -0.3 is 15.1 Å². The zero-order valence-corrected chi connectivity index (χ0v) is 15.9. The highest BCUT2D eigenvalue weighted by Gasteiger charge is 2.16. The van der Waals surface area contributed by atoms with Gasteiger partial charge in [-0.25, -0.2) is 4.39 Å². The lowest BCUT2D eigenvalue weighted by Gasteiger charge is -2.35. The fraction of sp³-hybridized carbons (Fsp3) is 0.318. The average Bonchev–Trinajstić information content (AvgIpc) is 2.68. The first-order valence-electron chi connectivity index (χ1n) is 9.26. The van der Waals surface area contributed by atoms with E-state index < -0.39 is 0 Å². The van der Waals surface area contributed by atoms with Crippen molar-refractivity contribution in [2.45, 2.75) is 13.5 Å². The van der Waals surface area contributed by atoms with E-state index in [1.54, 1.807) is 18.2 Å². The Labute approximate surface area is 160 Å². The molecule has 1 heterocycles. The van der Waals surface area contributed by atoms with Crippen molar-refractivity contribution in [2.75, 3.05) is 38.1 Å². The summed E-state index contributed by atoms with van der Waals surface area (Å²) in [5.41, 5.74) is 3.94. The summed E-state index contributed by atoms with van der Waals surface area (Å²) in [5.74, 6) is -0.429. The molecular weight excluding hydrogens is 341 g/mol. The Morgan fingerprint density at radius 1 is 1.07 bits per heavy atom. The topological polar surface area (TPSA) is 35.6 Å². The van der Waals surface area contributed by atoms with Crippen molar-refractivity contribution in [3.63, 3.8) is 0 Å². The number of carbonyl (C=O) groups is 1. The summed E-state index contributed by atoms with van der Waals surface area (Å²) in [4.78, 5) is 17.0. The minimum Gasteiger partial charge on any atom is -0.369 e. The molecule has 1 aliphatic heterocycles. The lowest BCUT2D eigenvalue weighted by molar-refractivity contribution is -0.116. The van der Waals surface area contributed by atoms with Gasteiger partial charge in [-0.15, -0.1) is 0 Å². The SMILES string of the molecule is C/C(=C/C(=O)NCc1ccccc1N1CCN(C)CC1)c1ccc(F)cc1. The van der Waals surface area contributed by atoms with Gasteiger partial charge in [-0.05, 0) is 48.9 Å². The molecule has 1 fully saturated rings. The Morgan fingerprint density at radius 2 is 1.74 bits per heavy atom. The molecule has 2 aromatic carbocycles. The number of carbonyl (C=O) groups excluding carboxylic acids is 1. The van der Waals surface area contributed by atoms with E-state index in [-0.39, 0.29) is 11.7 Å². The van der Waals surface area contributed by atoms with Gasteiger partial charge in [0.25, 0.3) is 0 Å². The number of nitrogens with zero attached hydrogens (tertiary/aromatic N) is 2. The summed E-state index contributed by atoms with van der Waals surface area (Å²) < 4.78 is 13.0. The van der Waals surface area contributed by atoms with E-state index in [0.717, 1.165) is 42.9 Å². The first-order valence-corrected chi connectivity index (χ1v) is 9.26. The number of hydrogen-bond acceptors (Lipinski definition) is 3. The van der Waals surface area contributed by atoms with Crippen LogP contribution in [0.1, 0.15) is 18.1 Å². The van der Waals surface area contributed by atoms with Crippen LogP contribution in [0.4, 0.5) is 10.1 Å². The predicted octanol–water partition coefficient (Wildman–Crippen LogP) is 3.30. The highest BCUT2D eigenvalue weighted by atomic mass is 19.1. The van der Waals surface area contributed by atoms with E-state index in [4.69, 9.17) is 0 Å². The van der Waals surface area contributed by atoms with Crippen LogP contribution in [-0.2, 0) is 11.3 Å². The fourth-order valence-corrected chi connectivity index (χ4v) is 3.24. The van der Waals surface area contributed by atoms with Gasteiger partial charge in [-0.2, -0.15) is 0 Å². The van der Waals surface area contributed by atoms with Crippen molar-refractivity contribution in [3.8, 4) is 0 Å². The Morgan fingerprint density at radius 3 is 2.44 bits per heavy atom. The van der Waals surface area contributed by atoms with E-state index in [2.05, 4.69) is 34.3 Å². The number of likely N-dealkylation sites (N-methyl/N-ethyl adjacent to an activating group) is 1. The van der Waals surface area contributed by atoms with Gasteiger partial charge in [0.15, 0.2) is 0 Å². The Kier molecular flexibility index (Phi) is 6.24. The van der Waals surface area contributed by atoms with Crippen molar-refractivity contribution >= 4 is 17.2 Å². The molecule has 27 heavy (non-hydrogen) atoms. The number of piperazine rings is 1. The molecule has 0 radical (unpaired) electrons. The maximum absolute atomic E-state index is 13.0. The molecule has 0 aliphatic carbocycles. The van der Waals surface area contributed by atoms with E-state index in [9.17, 15) is 9.18 Å². The molecule has 1 amide bonds. The van der Waals surface area contributed by atoms with Gasteiger partial charge >= 0.3 is 0 Å². The number of halogens is 1. The van der Waals surface area contributed by atoms with Crippen LogP contribution >= 0.6 is 0 Å². The number of benzene rings is 2. The molecule has 4 nitrogen and oxygen atoms in total. The lowest BCUT2D eigenvalue weighted by Crippen LogP contribution is -2.45. The monoisotopic (exact) mass is 367 g/mol. The van der Waals surface area contributed by atoms with E-state index >= 15 is 0 Å². The quantitative estimate of drug-likeness (QED) is 0.824. The fourth-order valence-electron chi connectivity index (χ4n) is 3.24. The third-order valence-corrected chi connectivity index (χ3v) is 4.94. The van der Waals surface area contributed by atoms with Crippen LogP contribution in [0.5, 0.6) is 0 Å². The van der Waals surface area contributed by atoms with E-state index in [0.29, 0.717) is 6.54 Å². The number of amides is 1. The van der Waals surface area contributed by atoms with Gasteiger partial charge in [-0.3, -0.25) is 4.79 Å². The van der Waals surface area contributed by atoms with Crippen LogP contribution in [0.25, 0.3) is 5.57 Å². The number of nitrogens with one attached hydrogen (secondary N) is 1. The molecule has 5 heteroatoms. The summed E-state index contributed by atoms with van der Waals surface area (Å²) in [6, 6.07) is 14.4. The largest absolute Gasteiger partial charge is 0.369 e. The highest BCUT2D eigenvalue weighted by Crippen LogP contribution is 2.21. The smallest absolute Gasteiger partial charge is 0.244 e. The molecule has 0 aromatic heterocycles. The zero-order chi connectivity index (χ0) is 19.2. The number of anilines is 1. The third kappa shape index (κ3) is 5.17. The Hall–Kier alpha value is -2.66. The number of para-hydroxylation sites is 1. The van der Waals surface area contributed by atoms with Gasteiger partial charge in [0.1, 0.15) is 5.82 Å². The van der Waals surface area contributed by atoms with Gasteiger partial charge in [0, 0.05) is 44.5 Å². The third-order valence-electron chi connectivity index (χ3n) is 4.94. The van der Waals surface area contributed by atoms with Gasteiger partial charge in [0.05, 0.1) is 0 Å². The highest BCUT2D eigenvalue weighted by molar-refractivity contribution is 5.94. The molecule has 2 aromatic rings. The molecule has 0 unspecified atom stereocenters. The second-order valence-corrected chi connectivity index (χ2v) is 6.97. The Bertz CT molecular complexity index is 809. The Balaban J connectivity index is 1.63. The minimum atomic E-state index is -0.281. The molecule has 0 spiro atoms. The van der Waals surface area contributed by atoms with Crippen LogP contribution in [0.2, 0.25) is 0 Å². The molecule has 1 N–H and O–H groups in total. The standard InChI is InChI=1S/C22H26FN3O/c1-17(18-7-9-20(23)10-8-18)15-22(27)24-16-19-5-3-4-6-21(19)26-13-11-25(2)12-14-26/h3-10,15H,11-14,16H2,1-2H3,(H,24,27)/b17-15-. The van der Waals surface area contributed by atoms with Crippen molar-refractivity contribution in [1.29, 1.82) is 0 Å². The second-order valence-electron chi connectivity index (χ2n) is 6.97. The van der Waals surface area contributed by atoms with Crippen LogP contribution in [0, 0.1) is 5.82 Å². The first-order chi connectivity index (χ1) is 13.0. The summed E-state index contributed by atoms with van der Waals surface area (Å²) in [6.07, 6.45) is 1.56. The molecule has 0 bridgehead atoms. The normalized spacial score (nSPS) is 15.7. The molecule has 0 atom stereocenters. The van der Waals surface area contributed by atoms with E-state index in [1.165, 1.54) is 17.8 Å². The van der Waals surface area contributed by atoms with Gasteiger partial charge in [0.2, 0.25) is 5.91 Å². The minimum absolute atomic E-state index is 0.148. The lowest BCUT2D eigenvalue weighted by atomic mass is 10.1. The van der Waals surface area contributed by atoms with Crippen molar-refractivity contribution in [2.24, 2.45) is 0 Å². The maximum atomic E-state index is 13.0. The van der Waals surface area contributed by atoms with E-state index in [1.807, 2.05) is 19.1 Å². The second kappa shape index (κ2) is 8.82. The van der Waals surface area contributed by atoms with Crippen LogP contribution < -0.4 is 10.2 Å². The van der Waals surface area contributed by atoms with Gasteiger partial charge in [-0.1, -0.05) is 30.3 Å². The van der Waals surface area contributed by atoms with Crippen molar-refractivity contribution in [3.05, 3.63) is 71.6 Å². The summed E-state index contributed by atoms with van der Waals surface area (Å²) in [5, 5.41) is 2.97. The molecule has 3 rings (SSSR count). The molecule has 1 saturated heterocycles. The van der Waals surface area contributed by atoms with Crippen LogP contribution in [0.3, 0.4) is 0 Å². The summed E-state index contributed by atoms with van der Waals surface area (Å²) in [7, 11) is 2.14. The summed E-state index contributed by atoms with van der Waals surface area (Å²) >= 11 is 0. The zero-order valence-electron chi connectivity index (χ0n) is 15.9. The average molecular weight is 367 g/mol. The molecular formula is C22H26FN3O. The molecule has 0 saturated carbocycles. The number of hydrogen-bond donors (Lipinski definition) is 1. The summed E-state index contributed by atoms with van der Waals surface area (Å²) in [6.45, 7) is 6.40. The van der Waals surface area contributed by atoms with Crippen molar-refractivity contribution < 1.29 is 9.18 Å². The molecule has 1 aliphatic rings. The predicted molar refractivity (Wildman–Crippen MR) is 108 cm³/mol. The molecule has 142 valence electrons. The van der Waals surface area contributed by atoms with Crippen molar-refractivity contribution in [1.82, 2.24) is 10.2 Å². The maximum Gasteiger partial charge on any atom is 0.244 e.